The number of carbonyl (C=O) groups excluding carboxylic acids is 2. The predicted octanol–water partition coefficient (Wildman–Crippen LogP) is 4.20. The van der Waals surface area contributed by atoms with Crippen molar-refractivity contribution in [3.63, 3.8) is 0 Å². The largest absolute Gasteiger partial charge is 0.354 e. The van der Waals surface area contributed by atoms with Crippen LogP contribution in [0.5, 0.6) is 0 Å². The molecule has 0 fully saturated rings. The Morgan fingerprint density at radius 3 is 2.04 bits per heavy atom. The molecule has 0 spiro atoms. The maximum absolute atomic E-state index is 13.1. The highest BCUT2D eigenvalue weighted by atomic mass is 16.2. The summed E-state index contributed by atoms with van der Waals surface area (Å²) in [6, 6.07) is 19.4. The molecule has 0 aliphatic rings. The van der Waals surface area contributed by atoms with Gasteiger partial charge in [0.15, 0.2) is 0 Å². The molecular formula is C24H32N2O2. The van der Waals surface area contributed by atoms with Crippen LogP contribution in [0.1, 0.15) is 44.7 Å². The number of nitrogens with one attached hydrogen (secondary N) is 1. The van der Waals surface area contributed by atoms with Crippen LogP contribution in [-0.4, -0.2) is 29.3 Å². The van der Waals surface area contributed by atoms with Crippen LogP contribution in [0, 0.1) is 5.92 Å². The van der Waals surface area contributed by atoms with Crippen molar-refractivity contribution < 1.29 is 9.59 Å². The van der Waals surface area contributed by atoms with Crippen molar-refractivity contribution >= 4 is 11.8 Å². The molecule has 0 aliphatic carbocycles. The molecule has 0 heterocycles. The van der Waals surface area contributed by atoms with E-state index in [0.717, 1.165) is 11.1 Å². The Hall–Kier alpha value is -2.62. The molecule has 2 aromatic rings. The molecule has 0 radical (unpaired) electrons. The Morgan fingerprint density at radius 1 is 0.929 bits per heavy atom. The second kappa shape index (κ2) is 11.3. The van der Waals surface area contributed by atoms with Crippen LogP contribution in [0.2, 0.25) is 0 Å². The first kappa shape index (κ1) is 21.7. The van der Waals surface area contributed by atoms with E-state index >= 15 is 0 Å². The highest BCUT2D eigenvalue weighted by Crippen LogP contribution is 2.15. The molecule has 0 saturated carbocycles. The van der Waals surface area contributed by atoms with E-state index in [1.54, 1.807) is 4.90 Å². The van der Waals surface area contributed by atoms with E-state index in [-0.39, 0.29) is 11.8 Å². The van der Waals surface area contributed by atoms with Gasteiger partial charge in [-0.05, 0) is 29.9 Å². The quantitative estimate of drug-likeness (QED) is 0.672. The van der Waals surface area contributed by atoms with E-state index in [1.165, 1.54) is 0 Å². The molecule has 1 atom stereocenters. The third kappa shape index (κ3) is 6.84. The second-order valence-electron chi connectivity index (χ2n) is 7.56. The van der Waals surface area contributed by atoms with Gasteiger partial charge in [0.05, 0.1) is 0 Å². The first-order valence-electron chi connectivity index (χ1n) is 10.2. The molecule has 4 heteroatoms. The van der Waals surface area contributed by atoms with Gasteiger partial charge >= 0.3 is 0 Å². The number of benzene rings is 2. The molecule has 28 heavy (non-hydrogen) atoms. The molecule has 0 aromatic heterocycles. The molecule has 0 saturated heterocycles. The van der Waals surface area contributed by atoms with Gasteiger partial charge in [0.2, 0.25) is 11.8 Å². The van der Waals surface area contributed by atoms with Gasteiger partial charge in [0.25, 0.3) is 0 Å². The van der Waals surface area contributed by atoms with Crippen molar-refractivity contribution in [2.45, 2.75) is 52.6 Å². The van der Waals surface area contributed by atoms with Crippen LogP contribution in [0.25, 0.3) is 0 Å². The number of rotatable bonds is 10. The Labute approximate surface area is 169 Å². The van der Waals surface area contributed by atoms with Crippen molar-refractivity contribution in [1.82, 2.24) is 10.2 Å². The maximum Gasteiger partial charge on any atom is 0.242 e. The fourth-order valence-corrected chi connectivity index (χ4v) is 3.16. The Bertz CT molecular complexity index is 729. The molecule has 2 amide bonds. The Kier molecular flexibility index (Phi) is 8.73. The van der Waals surface area contributed by atoms with Gasteiger partial charge in [-0.25, -0.2) is 0 Å². The van der Waals surface area contributed by atoms with E-state index in [9.17, 15) is 9.59 Å². The van der Waals surface area contributed by atoms with Crippen molar-refractivity contribution in [3.8, 4) is 0 Å². The second-order valence-corrected chi connectivity index (χ2v) is 7.56. The van der Waals surface area contributed by atoms with Crippen molar-refractivity contribution in [2.24, 2.45) is 5.92 Å². The topological polar surface area (TPSA) is 49.4 Å². The monoisotopic (exact) mass is 380 g/mol. The molecule has 0 unspecified atom stereocenters. The minimum Gasteiger partial charge on any atom is -0.354 e. The number of hydrogen-bond donors (Lipinski definition) is 1. The van der Waals surface area contributed by atoms with Crippen molar-refractivity contribution in [2.75, 3.05) is 6.54 Å². The van der Waals surface area contributed by atoms with E-state index in [0.29, 0.717) is 38.3 Å². The van der Waals surface area contributed by atoms with Gasteiger partial charge in [-0.15, -0.1) is 0 Å². The summed E-state index contributed by atoms with van der Waals surface area (Å²) in [4.78, 5) is 27.6. The third-order valence-corrected chi connectivity index (χ3v) is 4.74. The van der Waals surface area contributed by atoms with Gasteiger partial charge < -0.3 is 10.2 Å². The molecule has 4 nitrogen and oxygen atoms in total. The molecule has 2 rings (SSSR count). The lowest BCUT2D eigenvalue weighted by atomic mass is 10.1. The molecule has 0 bridgehead atoms. The summed E-state index contributed by atoms with van der Waals surface area (Å²) in [6.07, 6.45) is 1.66. The molecule has 1 N–H and O–H groups in total. The zero-order chi connectivity index (χ0) is 20.4. The fraction of sp³-hybridized carbons (Fsp3) is 0.417. The molecule has 2 aromatic carbocycles. The molecule has 0 aliphatic heterocycles. The number of nitrogens with zero attached hydrogens (tertiary/aromatic N) is 1. The Morgan fingerprint density at radius 2 is 1.50 bits per heavy atom. The summed E-state index contributed by atoms with van der Waals surface area (Å²) in [6.45, 7) is 7.15. The normalized spacial score (nSPS) is 11.9. The minimum atomic E-state index is -0.456. The summed E-state index contributed by atoms with van der Waals surface area (Å²) >= 11 is 0. The molecular weight excluding hydrogens is 348 g/mol. The number of hydrogen-bond acceptors (Lipinski definition) is 2. The number of aryl methyl sites for hydroxylation is 1. The van der Waals surface area contributed by atoms with Gasteiger partial charge in [-0.2, -0.15) is 0 Å². The van der Waals surface area contributed by atoms with Gasteiger partial charge in [0.1, 0.15) is 6.04 Å². The number of amides is 2. The lowest BCUT2D eigenvalue weighted by Crippen LogP contribution is -2.49. The average molecular weight is 381 g/mol. The predicted molar refractivity (Wildman–Crippen MR) is 114 cm³/mol. The highest BCUT2D eigenvalue weighted by Gasteiger charge is 2.28. The van der Waals surface area contributed by atoms with E-state index < -0.39 is 6.04 Å². The smallest absolute Gasteiger partial charge is 0.242 e. The van der Waals surface area contributed by atoms with Crippen LogP contribution < -0.4 is 5.32 Å². The SMILES string of the molecule is CC[C@@H](C(=O)NCC(C)C)N(Cc1ccccc1)C(=O)CCc1ccccc1. The van der Waals surface area contributed by atoms with Crippen LogP contribution in [0.4, 0.5) is 0 Å². The summed E-state index contributed by atoms with van der Waals surface area (Å²) in [7, 11) is 0. The Balaban J connectivity index is 2.14. The minimum absolute atomic E-state index is 0.0132. The van der Waals surface area contributed by atoms with E-state index in [4.69, 9.17) is 0 Å². The van der Waals surface area contributed by atoms with Gasteiger partial charge in [0, 0.05) is 19.5 Å². The van der Waals surface area contributed by atoms with Crippen LogP contribution in [-0.2, 0) is 22.6 Å². The van der Waals surface area contributed by atoms with Crippen LogP contribution in [0.15, 0.2) is 60.7 Å². The average Bonchev–Trinajstić information content (AvgIpc) is 2.71. The standard InChI is InChI=1S/C24H32N2O2/c1-4-22(24(28)25-17-19(2)3)26(18-21-13-9-6-10-14-21)23(27)16-15-20-11-7-5-8-12-20/h5-14,19,22H,4,15-18H2,1-3H3,(H,25,28)/t22-/m0/s1. The van der Waals surface area contributed by atoms with Gasteiger partial charge in [-0.3, -0.25) is 9.59 Å². The fourth-order valence-electron chi connectivity index (χ4n) is 3.16. The third-order valence-electron chi connectivity index (χ3n) is 4.74. The van der Waals surface area contributed by atoms with Crippen LogP contribution in [0.3, 0.4) is 0 Å². The highest BCUT2D eigenvalue weighted by molar-refractivity contribution is 5.87. The van der Waals surface area contributed by atoms with Crippen molar-refractivity contribution in [3.05, 3.63) is 71.8 Å². The zero-order valence-corrected chi connectivity index (χ0v) is 17.2. The summed E-state index contributed by atoms with van der Waals surface area (Å²) in [5.74, 6) is 0.317. The van der Waals surface area contributed by atoms with Crippen molar-refractivity contribution in [1.29, 1.82) is 0 Å². The van der Waals surface area contributed by atoms with E-state index in [2.05, 4.69) is 19.2 Å². The first-order chi connectivity index (χ1) is 13.5. The van der Waals surface area contributed by atoms with Crippen LogP contribution >= 0.6 is 0 Å². The van der Waals surface area contributed by atoms with E-state index in [1.807, 2.05) is 67.6 Å². The number of carbonyl (C=O) groups is 2. The summed E-state index contributed by atoms with van der Waals surface area (Å²) in [5, 5.41) is 3.00. The lowest BCUT2D eigenvalue weighted by Gasteiger charge is -2.31. The molecule has 150 valence electrons. The zero-order valence-electron chi connectivity index (χ0n) is 17.2. The maximum atomic E-state index is 13.1. The summed E-state index contributed by atoms with van der Waals surface area (Å²) < 4.78 is 0. The summed E-state index contributed by atoms with van der Waals surface area (Å²) in [5.41, 5.74) is 2.17. The lowest BCUT2D eigenvalue weighted by molar-refractivity contribution is -0.141. The first-order valence-corrected chi connectivity index (χ1v) is 10.2. The van der Waals surface area contributed by atoms with Gasteiger partial charge in [-0.1, -0.05) is 81.4 Å².